The van der Waals surface area contributed by atoms with Crippen LogP contribution in [-0.2, 0) is 4.79 Å². The molecule has 1 aromatic carbocycles. The third kappa shape index (κ3) is 3.69. The van der Waals surface area contributed by atoms with E-state index in [1.165, 1.54) is 25.1 Å². The quantitative estimate of drug-likeness (QED) is 0.654. The van der Waals surface area contributed by atoms with Crippen LogP contribution >= 0.6 is 22.6 Å². The number of hydrogen-bond donors (Lipinski definition) is 1. The van der Waals surface area contributed by atoms with Crippen molar-refractivity contribution in [2.24, 2.45) is 0 Å². The molecule has 0 radical (unpaired) electrons. The average molecular weight is 357 g/mol. The molecule has 0 heterocycles. The number of anilines is 1. The van der Waals surface area contributed by atoms with Gasteiger partial charge in [-0.2, -0.15) is 13.2 Å². The maximum absolute atomic E-state index is 12.0. The molecule has 0 saturated carbocycles. The Morgan fingerprint density at radius 1 is 1.29 bits per heavy atom. The highest BCUT2D eigenvalue weighted by Crippen LogP contribution is 2.23. The second-order valence-corrected chi connectivity index (χ2v) is 4.36. The van der Waals surface area contributed by atoms with Gasteiger partial charge in [-0.25, -0.2) is 0 Å². The van der Waals surface area contributed by atoms with Gasteiger partial charge in [0.1, 0.15) is 0 Å². The molecular formula is C10H7F3INO2. The number of benzene rings is 1. The van der Waals surface area contributed by atoms with E-state index in [0.29, 0.717) is 3.57 Å². The van der Waals surface area contributed by atoms with Gasteiger partial charge < -0.3 is 5.32 Å². The molecule has 1 N–H and O–H groups in total. The highest BCUT2D eigenvalue weighted by Gasteiger charge is 2.38. The molecule has 7 heteroatoms. The topological polar surface area (TPSA) is 46.2 Å². The Bertz CT molecular complexity index is 471. The van der Waals surface area contributed by atoms with Crippen molar-refractivity contribution in [2.45, 2.75) is 13.1 Å². The van der Waals surface area contributed by atoms with Crippen molar-refractivity contribution in [3.05, 3.63) is 27.3 Å². The third-order valence-corrected chi connectivity index (χ3v) is 2.82. The van der Waals surface area contributed by atoms with Gasteiger partial charge in [-0.3, -0.25) is 9.59 Å². The van der Waals surface area contributed by atoms with E-state index in [2.05, 4.69) is 0 Å². The second kappa shape index (κ2) is 5.03. The van der Waals surface area contributed by atoms with Gasteiger partial charge in [-0.05, 0) is 41.6 Å². The zero-order valence-corrected chi connectivity index (χ0v) is 10.7. The Labute approximate surface area is 109 Å². The summed E-state index contributed by atoms with van der Waals surface area (Å²) >= 11 is 1.77. The third-order valence-electron chi connectivity index (χ3n) is 1.88. The van der Waals surface area contributed by atoms with Crippen LogP contribution in [0.5, 0.6) is 0 Å². The molecular weight excluding hydrogens is 350 g/mol. The molecule has 0 aromatic heterocycles. The van der Waals surface area contributed by atoms with Gasteiger partial charge >= 0.3 is 12.1 Å². The van der Waals surface area contributed by atoms with E-state index in [0.717, 1.165) is 0 Å². The number of ketones is 1. The van der Waals surface area contributed by atoms with Gasteiger partial charge in [0.05, 0.1) is 5.69 Å². The number of halogens is 4. The smallest absolute Gasteiger partial charge is 0.317 e. The lowest BCUT2D eigenvalue weighted by atomic mass is 10.1. The number of rotatable bonds is 2. The van der Waals surface area contributed by atoms with Gasteiger partial charge in [0, 0.05) is 9.13 Å². The summed E-state index contributed by atoms with van der Waals surface area (Å²) in [5, 5.41) is 1.72. The summed E-state index contributed by atoms with van der Waals surface area (Å²) in [7, 11) is 0. The molecule has 0 aliphatic heterocycles. The van der Waals surface area contributed by atoms with Crippen LogP contribution in [0.2, 0.25) is 0 Å². The predicted octanol–water partition coefficient (Wildman–Crippen LogP) is 2.99. The zero-order valence-electron chi connectivity index (χ0n) is 8.56. The first-order valence-corrected chi connectivity index (χ1v) is 5.48. The first-order chi connectivity index (χ1) is 7.71. The molecule has 0 aliphatic rings. The molecule has 0 bridgehead atoms. The molecule has 17 heavy (non-hydrogen) atoms. The number of hydrogen-bond acceptors (Lipinski definition) is 2. The summed E-state index contributed by atoms with van der Waals surface area (Å²) in [5.74, 6) is -2.35. The minimum Gasteiger partial charge on any atom is -0.317 e. The van der Waals surface area contributed by atoms with Crippen LogP contribution in [0.3, 0.4) is 0 Å². The fourth-order valence-corrected chi connectivity index (χ4v) is 1.50. The van der Waals surface area contributed by atoms with Crippen molar-refractivity contribution in [1.82, 2.24) is 0 Å². The summed E-state index contributed by atoms with van der Waals surface area (Å²) in [5.41, 5.74) is 0.212. The number of carbonyl (C=O) groups is 2. The number of carbonyl (C=O) groups excluding carboxylic acids is 2. The Balaban J connectivity index is 3.02. The minimum atomic E-state index is -4.95. The highest BCUT2D eigenvalue weighted by molar-refractivity contribution is 14.1. The number of nitrogens with one attached hydrogen (secondary N) is 1. The second-order valence-electron chi connectivity index (χ2n) is 3.20. The lowest BCUT2D eigenvalue weighted by Gasteiger charge is -2.10. The lowest BCUT2D eigenvalue weighted by molar-refractivity contribution is -0.167. The van der Waals surface area contributed by atoms with Crippen LogP contribution in [-0.4, -0.2) is 17.9 Å². The van der Waals surface area contributed by atoms with Crippen molar-refractivity contribution in [1.29, 1.82) is 0 Å². The van der Waals surface area contributed by atoms with Crippen LogP contribution in [0.25, 0.3) is 0 Å². The molecule has 1 amide bonds. The van der Waals surface area contributed by atoms with Crippen molar-refractivity contribution < 1.29 is 22.8 Å². The fraction of sp³-hybridized carbons (Fsp3) is 0.200. The first kappa shape index (κ1) is 13.9. The van der Waals surface area contributed by atoms with E-state index >= 15 is 0 Å². The van der Waals surface area contributed by atoms with Crippen LogP contribution in [0.15, 0.2) is 18.2 Å². The SMILES string of the molecule is CC(=O)c1ccc(I)c(NC(=O)C(F)(F)F)c1. The molecule has 92 valence electrons. The Morgan fingerprint density at radius 3 is 2.35 bits per heavy atom. The Morgan fingerprint density at radius 2 is 1.88 bits per heavy atom. The molecule has 1 aromatic rings. The summed E-state index contributed by atoms with van der Waals surface area (Å²) in [6.45, 7) is 1.29. The molecule has 3 nitrogen and oxygen atoms in total. The maximum Gasteiger partial charge on any atom is 0.471 e. The van der Waals surface area contributed by atoms with Gasteiger partial charge in [0.25, 0.3) is 0 Å². The van der Waals surface area contributed by atoms with E-state index < -0.39 is 12.1 Å². The first-order valence-electron chi connectivity index (χ1n) is 4.40. The molecule has 1 rings (SSSR count). The number of Topliss-reactive ketones (excluding diaryl/α,β-unsaturated/α-hetero) is 1. The van der Waals surface area contributed by atoms with Crippen LogP contribution in [0.1, 0.15) is 17.3 Å². The number of amides is 1. The summed E-state index contributed by atoms with van der Waals surface area (Å²) < 4.78 is 36.6. The molecule has 0 spiro atoms. The molecule has 0 unspecified atom stereocenters. The largest absolute Gasteiger partial charge is 0.471 e. The van der Waals surface area contributed by atoms with Crippen molar-refractivity contribution >= 4 is 40.0 Å². The Hall–Kier alpha value is -1.12. The molecule has 0 fully saturated rings. The zero-order chi connectivity index (χ0) is 13.2. The van der Waals surface area contributed by atoms with Gasteiger partial charge in [0.15, 0.2) is 5.78 Å². The average Bonchev–Trinajstić information content (AvgIpc) is 2.19. The van der Waals surface area contributed by atoms with Crippen molar-refractivity contribution in [2.75, 3.05) is 5.32 Å². The summed E-state index contributed by atoms with van der Waals surface area (Å²) in [6, 6.07) is 4.16. The monoisotopic (exact) mass is 357 g/mol. The van der Waals surface area contributed by atoms with Crippen LogP contribution < -0.4 is 5.32 Å². The maximum atomic E-state index is 12.0. The van der Waals surface area contributed by atoms with E-state index in [1.54, 1.807) is 27.9 Å². The van der Waals surface area contributed by atoms with Gasteiger partial charge in [-0.15, -0.1) is 0 Å². The van der Waals surface area contributed by atoms with E-state index in [1.807, 2.05) is 0 Å². The molecule has 0 atom stereocenters. The van der Waals surface area contributed by atoms with Crippen molar-refractivity contribution in [3.63, 3.8) is 0 Å². The molecule has 0 saturated heterocycles. The summed E-state index contributed by atoms with van der Waals surface area (Å²) in [6.07, 6.45) is -4.95. The van der Waals surface area contributed by atoms with E-state index in [4.69, 9.17) is 0 Å². The van der Waals surface area contributed by atoms with Crippen molar-refractivity contribution in [3.8, 4) is 0 Å². The Kier molecular flexibility index (Phi) is 4.12. The highest BCUT2D eigenvalue weighted by atomic mass is 127. The van der Waals surface area contributed by atoms with Crippen LogP contribution in [0, 0.1) is 3.57 Å². The predicted molar refractivity (Wildman–Crippen MR) is 63.8 cm³/mol. The standard InChI is InChI=1S/C10H7F3INO2/c1-5(16)6-2-3-7(14)8(4-6)15-9(17)10(11,12)13/h2-4H,1H3,(H,15,17). The minimum absolute atomic E-state index is 0.0272. The van der Waals surface area contributed by atoms with E-state index in [-0.39, 0.29) is 17.0 Å². The van der Waals surface area contributed by atoms with Crippen LogP contribution in [0.4, 0.5) is 18.9 Å². The van der Waals surface area contributed by atoms with E-state index in [9.17, 15) is 22.8 Å². The lowest BCUT2D eigenvalue weighted by Crippen LogP contribution is -2.30. The van der Waals surface area contributed by atoms with Gasteiger partial charge in [-0.1, -0.05) is 6.07 Å². The van der Waals surface area contributed by atoms with Gasteiger partial charge in [0.2, 0.25) is 0 Å². The normalized spacial score (nSPS) is 11.1. The fourth-order valence-electron chi connectivity index (χ4n) is 1.03. The number of alkyl halides is 3. The molecule has 0 aliphatic carbocycles. The summed E-state index contributed by atoms with van der Waals surface area (Å²) in [4.78, 5) is 21.8.